The molecule has 0 aliphatic carbocycles. The fraction of sp³-hybridized carbons (Fsp3) is 0.464. The molecule has 0 atom stereocenters. The van der Waals surface area contributed by atoms with E-state index >= 15 is 0 Å². The van der Waals surface area contributed by atoms with Gasteiger partial charge in [0.15, 0.2) is 6.61 Å². The molecule has 0 spiro atoms. The van der Waals surface area contributed by atoms with E-state index in [1.807, 2.05) is 36.6 Å². The molecule has 2 aromatic carbocycles. The molecule has 39 heavy (non-hydrogen) atoms. The lowest BCUT2D eigenvalue weighted by Gasteiger charge is -2.26. The number of hydrogen-bond donors (Lipinski definition) is 1. The summed E-state index contributed by atoms with van der Waals surface area (Å²) in [7, 11) is -3.65. The van der Waals surface area contributed by atoms with Crippen molar-refractivity contribution < 1.29 is 27.5 Å². The van der Waals surface area contributed by atoms with Crippen molar-refractivity contribution in [3.05, 3.63) is 53.3 Å². The number of esters is 1. The summed E-state index contributed by atoms with van der Waals surface area (Å²) in [4.78, 5) is 29.7. The summed E-state index contributed by atoms with van der Waals surface area (Å²) >= 11 is 0. The average molecular weight is 557 g/mol. The van der Waals surface area contributed by atoms with E-state index < -0.39 is 21.9 Å². The van der Waals surface area contributed by atoms with Crippen LogP contribution in [0.4, 0.5) is 5.69 Å². The Kier molecular flexibility index (Phi) is 9.36. The molecule has 1 N–H and O–H groups in total. The Morgan fingerprint density at radius 3 is 2.62 bits per heavy atom. The Bertz CT molecular complexity index is 1440. The van der Waals surface area contributed by atoms with E-state index in [1.54, 1.807) is 18.2 Å². The first-order chi connectivity index (χ1) is 18.7. The number of sulfonamides is 1. The topological polar surface area (TPSA) is 120 Å². The van der Waals surface area contributed by atoms with Crippen molar-refractivity contribution in [2.24, 2.45) is 0 Å². The van der Waals surface area contributed by atoms with Crippen molar-refractivity contribution in [3.8, 4) is 0 Å². The van der Waals surface area contributed by atoms with Gasteiger partial charge in [-0.25, -0.2) is 13.4 Å². The van der Waals surface area contributed by atoms with Crippen molar-refractivity contribution in [1.82, 2.24) is 13.9 Å². The summed E-state index contributed by atoms with van der Waals surface area (Å²) in [6.45, 7) is 7.64. The maximum atomic E-state index is 13.1. The van der Waals surface area contributed by atoms with Crippen molar-refractivity contribution in [3.63, 3.8) is 0 Å². The highest BCUT2D eigenvalue weighted by Crippen LogP contribution is 2.25. The largest absolute Gasteiger partial charge is 0.456 e. The Hall–Kier alpha value is -3.28. The number of benzene rings is 2. The minimum Gasteiger partial charge on any atom is -0.456 e. The number of anilines is 1. The first-order valence-electron chi connectivity index (χ1n) is 13.3. The van der Waals surface area contributed by atoms with Crippen molar-refractivity contribution in [2.75, 3.05) is 38.2 Å². The maximum Gasteiger partial charge on any atom is 0.306 e. The number of unbranched alkanes of at least 4 members (excludes halogenated alkanes) is 1. The molecule has 1 fully saturated rings. The molecule has 11 heteroatoms. The molecule has 3 aromatic rings. The van der Waals surface area contributed by atoms with Crippen molar-refractivity contribution in [1.29, 1.82) is 0 Å². The first kappa shape index (κ1) is 28.7. The molecule has 0 saturated carbocycles. The number of rotatable bonds is 11. The number of aryl methyl sites for hydroxylation is 4. The molecule has 0 unspecified atom stereocenters. The number of hydrogen-bond acceptors (Lipinski definition) is 7. The second-order valence-corrected chi connectivity index (χ2v) is 11.7. The second kappa shape index (κ2) is 12.7. The molecular formula is C28H36N4O6S. The first-order valence-corrected chi connectivity index (χ1v) is 14.7. The minimum atomic E-state index is -3.65. The number of fused-ring (bicyclic) bond motifs is 1. The van der Waals surface area contributed by atoms with Crippen LogP contribution in [0.3, 0.4) is 0 Å². The predicted molar refractivity (Wildman–Crippen MR) is 148 cm³/mol. The highest BCUT2D eigenvalue weighted by atomic mass is 32.2. The van der Waals surface area contributed by atoms with Gasteiger partial charge in [-0.1, -0.05) is 25.5 Å². The van der Waals surface area contributed by atoms with Crippen LogP contribution < -0.4 is 5.32 Å². The fourth-order valence-corrected chi connectivity index (χ4v) is 5.93. The maximum absolute atomic E-state index is 13.1. The van der Waals surface area contributed by atoms with Gasteiger partial charge in [0, 0.05) is 31.7 Å². The van der Waals surface area contributed by atoms with Crippen LogP contribution >= 0.6 is 0 Å². The molecule has 1 saturated heterocycles. The van der Waals surface area contributed by atoms with E-state index in [1.165, 1.54) is 4.31 Å². The van der Waals surface area contributed by atoms with E-state index in [0.29, 0.717) is 56.3 Å². The van der Waals surface area contributed by atoms with Gasteiger partial charge >= 0.3 is 5.97 Å². The Balaban J connectivity index is 1.42. The normalized spacial score (nSPS) is 14.4. The molecule has 1 aromatic heterocycles. The Labute approximate surface area is 229 Å². The third-order valence-corrected chi connectivity index (χ3v) is 8.62. The molecule has 1 amide bonds. The third-order valence-electron chi connectivity index (χ3n) is 6.73. The Morgan fingerprint density at radius 1 is 1.10 bits per heavy atom. The van der Waals surface area contributed by atoms with Gasteiger partial charge in [-0.3, -0.25) is 9.59 Å². The van der Waals surface area contributed by atoms with Crippen LogP contribution in [0.5, 0.6) is 0 Å². The zero-order valence-corrected chi connectivity index (χ0v) is 23.6. The molecule has 0 radical (unpaired) electrons. The van der Waals surface area contributed by atoms with Gasteiger partial charge in [0.25, 0.3) is 5.91 Å². The van der Waals surface area contributed by atoms with E-state index in [0.717, 1.165) is 29.5 Å². The number of imidazole rings is 1. The third kappa shape index (κ3) is 7.03. The van der Waals surface area contributed by atoms with Crippen LogP contribution in [0, 0.1) is 13.8 Å². The molecule has 1 aliphatic heterocycles. The van der Waals surface area contributed by atoms with E-state index in [4.69, 9.17) is 14.5 Å². The van der Waals surface area contributed by atoms with Crippen molar-refractivity contribution >= 4 is 38.6 Å². The highest BCUT2D eigenvalue weighted by molar-refractivity contribution is 7.89. The van der Waals surface area contributed by atoms with Gasteiger partial charge in [-0.05, 0) is 55.7 Å². The molecule has 2 heterocycles. The molecular weight excluding hydrogens is 520 g/mol. The summed E-state index contributed by atoms with van der Waals surface area (Å²) in [5.41, 5.74) is 4.02. The van der Waals surface area contributed by atoms with E-state index in [-0.39, 0.29) is 17.9 Å². The lowest BCUT2D eigenvalue weighted by Crippen LogP contribution is -2.40. The van der Waals surface area contributed by atoms with E-state index in [2.05, 4.69) is 12.2 Å². The second-order valence-electron chi connectivity index (χ2n) is 9.73. The number of aromatic nitrogens is 2. The van der Waals surface area contributed by atoms with Gasteiger partial charge in [0.2, 0.25) is 10.0 Å². The molecule has 10 nitrogen and oxygen atoms in total. The fourth-order valence-electron chi connectivity index (χ4n) is 4.50. The molecule has 1 aliphatic rings. The number of morpholine rings is 1. The number of carbonyl (C=O) groups is 2. The molecule has 4 rings (SSSR count). The van der Waals surface area contributed by atoms with Crippen LogP contribution in [0.1, 0.15) is 43.1 Å². The van der Waals surface area contributed by atoms with Gasteiger partial charge in [-0.2, -0.15) is 4.31 Å². The van der Waals surface area contributed by atoms with Crippen LogP contribution in [0.15, 0.2) is 41.3 Å². The van der Waals surface area contributed by atoms with Gasteiger partial charge < -0.3 is 19.4 Å². The van der Waals surface area contributed by atoms with Gasteiger partial charge in [0.1, 0.15) is 5.82 Å². The summed E-state index contributed by atoms with van der Waals surface area (Å²) in [6.07, 6.45) is 2.24. The average Bonchev–Trinajstić information content (AvgIpc) is 3.28. The molecule has 0 bridgehead atoms. The quantitative estimate of drug-likeness (QED) is 0.359. The monoisotopic (exact) mass is 556 g/mol. The number of nitrogens with one attached hydrogen (secondary N) is 1. The summed E-state index contributed by atoms with van der Waals surface area (Å²) in [5.74, 6) is -0.229. The van der Waals surface area contributed by atoms with Gasteiger partial charge in [-0.15, -0.1) is 0 Å². The predicted octanol–water partition coefficient (Wildman–Crippen LogP) is 3.59. The summed E-state index contributed by atoms with van der Waals surface area (Å²) < 4.78 is 40.2. The highest BCUT2D eigenvalue weighted by Gasteiger charge is 2.27. The van der Waals surface area contributed by atoms with E-state index in [9.17, 15) is 18.0 Å². The number of carbonyl (C=O) groups excluding carboxylic acids is 2. The van der Waals surface area contributed by atoms with Crippen LogP contribution in [0.2, 0.25) is 0 Å². The summed E-state index contributed by atoms with van der Waals surface area (Å²) in [6, 6.07) is 10.7. The smallest absolute Gasteiger partial charge is 0.306 e. The zero-order chi connectivity index (χ0) is 28.0. The van der Waals surface area contributed by atoms with Crippen LogP contribution in [-0.4, -0.2) is 67.1 Å². The number of nitrogens with zero attached hydrogens (tertiary/aromatic N) is 3. The standard InChI is InChI=1S/C28H36N4O6S/c1-4-5-12-32-25-9-8-22(39(35,36)31-13-15-37-16-14-31)18-24(25)29-26(32)10-11-28(34)38-19-27(33)30-23-17-20(2)6-7-21(23)3/h6-9,17-18H,4-5,10-16,19H2,1-3H3,(H,30,33). The Morgan fingerprint density at radius 2 is 1.87 bits per heavy atom. The van der Waals surface area contributed by atoms with Crippen LogP contribution in [0.25, 0.3) is 11.0 Å². The summed E-state index contributed by atoms with van der Waals surface area (Å²) in [5, 5.41) is 2.78. The number of amides is 1. The van der Waals surface area contributed by atoms with Gasteiger partial charge in [0.05, 0.1) is 35.6 Å². The van der Waals surface area contributed by atoms with Crippen LogP contribution in [-0.2, 0) is 42.1 Å². The zero-order valence-electron chi connectivity index (χ0n) is 22.7. The lowest BCUT2D eigenvalue weighted by atomic mass is 10.1. The van der Waals surface area contributed by atoms with Crippen molar-refractivity contribution in [2.45, 2.75) is 57.9 Å². The minimum absolute atomic E-state index is 0.0468. The lowest BCUT2D eigenvalue weighted by molar-refractivity contribution is -0.147. The number of ether oxygens (including phenoxy) is 2. The molecule has 210 valence electrons. The SMILES string of the molecule is CCCCn1c(CCC(=O)OCC(=O)Nc2cc(C)ccc2C)nc2cc(S(=O)(=O)N3CCOCC3)ccc21.